The fraction of sp³-hybridized carbons (Fsp3) is 0.211. The Morgan fingerprint density at radius 3 is 2.44 bits per heavy atom. The minimum Gasteiger partial charge on any atom is -0.395 e. The molecular weight excluding hydrogens is 314 g/mol. The number of nitrogens with zero attached hydrogens (tertiary/aromatic N) is 3. The predicted molar refractivity (Wildman–Crippen MR) is 99.5 cm³/mol. The molecule has 0 unspecified atom stereocenters. The zero-order valence-corrected chi connectivity index (χ0v) is 13.9. The topological polar surface area (TPSA) is 83.0 Å². The van der Waals surface area contributed by atoms with Crippen LogP contribution >= 0.6 is 0 Å². The summed E-state index contributed by atoms with van der Waals surface area (Å²) in [6, 6.07) is 15.9. The second-order valence-electron chi connectivity index (χ2n) is 5.51. The second-order valence-corrected chi connectivity index (χ2v) is 5.51. The first-order valence-electron chi connectivity index (χ1n) is 8.27. The number of pyridine rings is 1. The fourth-order valence-electron chi connectivity index (χ4n) is 2.43. The maximum Gasteiger partial charge on any atom is 0.225 e. The minimum atomic E-state index is 0.0315. The van der Waals surface area contributed by atoms with Gasteiger partial charge in [0.25, 0.3) is 0 Å². The highest BCUT2D eigenvalue weighted by atomic mass is 16.3. The molecular formula is C19H21N5O. The van der Waals surface area contributed by atoms with Crippen LogP contribution in [0.3, 0.4) is 0 Å². The number of rotatable bonds is 8. The molecule has 2 aromatic heterocycles. The van der Waals surface area contributed by atoms with Crippen molar-refractivity contribution in [3.63, 3.8) is 0 Å². The highest BCUT2D eigenvalue weighted by molar-refractivity contribution is 5.64. The molecule has 1 aromatic carbocycles. The van der Waals surface area contributed by atoms with E-state index >= 15 is 0 Å². The van der Waals surface area contributed by atoms with E-state index in [1.807, 2.05) is 48.5 Å². The Morgan fingerprint density at radius 1 is 0.880 bits per heavy atom. The van der Waals surface area contributed by atoms with Crippen molar-refractivity contribution in [3.05, 3.63) is 66.5 Å². The molecule has 128 valence electrons. The molecule has 25 heavy (non-hydrogen) atoms. The summed E-state index contributed by atoms with van der Waals surface area (Å²) < 4.78 is 0. The predicted octanol–water partition coefficient (Wildman–Crippen LogP) is 2.60. The average molecular weight is 335 g/mol. The van der Waals surface area contributed by atoms with Crippen molar-refractivity contribution in [1.29, 1.82) is 0 Å². The third-order valence-electron chi connectivity index (χ3n) is 3.66. The number of anilines is 2. The van der Waals surface area contributed by atoms with Gasteiger partial charge in [0.2, 0.25) is 5.95 Å². The van der Waals surface area contributed by atoms with Gasteiger partial charge in [-0.25, -0.2) is 4.98 Å². The molecule has 0 amide bonds. The second kappa shape index (κ2) is 8.75. The van der Waals surface area contributed by atoms with Gasteiger partial charge in [-0.15, -0.1) is 0 Å². The summed E-state index contributed by atoms with van der Waals surface area (Å²) in [6.45, 7) is 1.20. The summed E-state index contributed by atoms with van der Waals surface area (Å²) in [5, 5.41) is 15.4. The van der Waals surface area contributed by atoms with Crippen molar-refractivity contribution in [3.8, 4) is 11.3 Å². The number of hydrogen-bond acceptors (Lipinski definition) is 6. The minimum absolute atomic E-state index is 0.0315. The summed E-state index contributed by atoms with van der Waals surface area (Å²) in [7, 11) is 0. The van der Waals surface area contributed by atoms with Crippen LogP contribution in [0.5, 0.6) is 0 Å². The van der Waals surface area contributed by atoms with Crippen molar-refractivity contribution in [2.24, 2.45) is 0 Å². The molecule has 0 spiro atoms. The van der Waals surface area contributed by atoms with Crippen LogP contribution in [0.4, 0.5) is 11.8 Å². The van der Waals surface area contributed by atoms with Gasteiger partial charge in [0.05, 0.1) is 12.3 Å². The summed E-state index contributed by atoms with van der Waals surface area (Å²) in [6.07, 6.45) is 4.47. The molecule has 6 heteroatoms. The summed E-state index contributed by atoms with van der Waals surface area (Å²) in [5.74, 6) is 1.25. The molecule has 0 fully saturated rings. The first-order valence-corrected chi connectivity index (χ1v) is 8.27. The number of aliphatic hydroxyl groups is 1. The van der Waals surface area contributed by atoms with Gasteiger partial charge in [0.15, 0.2) is 0 Å². The molecule has 0 aliphatic heterocycles. The molecule has 3 aromatic rings. The normalized spacial score (nSPS) is 10.4. The lowest BCUT2D eigenvalue weighted by atomic mass is 10.1. The van der Waals surface area contributed by atoms with Crippen molar-refractivity contribution in [2.45, 2.75) is 6.42 Å². The van der Waals surface area contributed by atoms with Crippen molar-refractivity contribution < 1.29 is 5.11 Å². The molecule has 0 saturated carbocycles. The lowest BCUT2D eigenvalue weighted by Crippen LogP contribution is -2.12. The van der Waals surface area contributed by atoms with E-state index in [2.05, 4.69) is 25.6 Å². The van der Waals surface area contributed by atoms with E-state index in [1.165, 1.54) is 5.56 Å². The van der Waals surface area contributed by atoms with Crippen molar-refractivity contribution in [1.82, 2.24) is 15.0 Å². The molecule has 0 atom stereocenters. The van der Waals surface area contributed by atoms with E-state index in [4.69, 9.17) is 5.11 Å². The molecule has 0 saturated heterocycles. The molecule has 6 nitrogen and oxygen atoms in total. The van der Waals surface area contributed by atoms with Crippen LogP contribution in [-0.2, 0) is 6.42 Å². The summed E-state index contributed by atoms with van der Waals surface area (Å²) in [4.78, 5) is 13.0. The van der Waals surface area contributed by atoms with Gasteiger partial charge in [0, 0.05) is 37.1 Å². The first-order chi connectivity index (χ1) is 12.3. The van der Waals surface area contributed by atoms with Crippen LogP contribution in [0.25, 0.3) is 11.3 Å². The lowest BCUT2D eigenvalue weighted by Gasteiger charge is -2.11. The highest BCUT2D eigenvalue weighted by Crippen LogP contribution is 2.21. The van der Waals surface area contributed by atoms with Gasteiger partial charge in [-0.2, -0.15) is 4.98 Å². The van der Waals surface area contributed by atoms with Crippen LogP contribution in [0.1, 0.15) is 5.56 Å². The van der Waals surface area contributed by atoms with Gasteiger partial charge < -0.3 is 15.7 Å². The monoisotopic (exact) mass is 335 g/mol. The van der Waals surface area contributed by atoms with Gasteiger partial charge in [-0.05, 0) is 24.1 Å². The van der Waals surface area contributed by atoms with Gasteiger partial charge in [-0.3, -0.25) is 4.98 Å². The van der Waals surface area contributed by atoms with E-state index in [0.717, 1.165) is 30.0 Å². The largest absolute Gasteiger partial charge is 0.395 e. The first kappa shape index (κ1) is 16.9. The third kappa shape index (κ3) is 4.99. The zero-order valence-electron chi connectivity index (χ0n) is 13.9. The zero-order chi connectivity index (χ0) is 17.3. The number of aromatic nitrogens is 3. The molecule has 0 aliphatic carbocycles. The Bertz CT molecular complexity index is 780. The number of benzene rings is 1. The van der Waals surface area contributed by atoms with Crippen LogP contribution in [-0.4, -0.2) is 39.8 Å². The number of nitrogens with one attached hydrogen (secondary N) is 2. The lowest BCUT2D eigenvalue weighted by molar-refractivity contribution is 0.311. The molecule has 2 heterocycles. The molecule has 3 rings (SSSR count). The van der Waals surface area contributed by atoms with E-state index in [1.54, 1.807) is 12.4 Å². The smallest absolute Gasteiger partial charge is 0.225 e. The van der Waals surface area contributed by atoms with E-state index < -0.39 is 0 Å². The maximum absolute atomic E-state index is 9.01. The summed E-state index contributed by atoms with van der Waals surface area (Å²) >= 11 is 0. The Morgan fingerprint density at radius 2 is 1.68 bits per heavy atom. The van der Waals surface area contributed by atoms with Gasteiger partial charge >= 0.3 is 0 Å². The average Bonchev–Trinajstić information content (AvgIpc) is 2.68. The van der Waals surface area contributed by atoms with Gasteiger partial charge in [0.1, 0.15) is 5.82 Å². The van der Waals surface area contributed by atoms with Crippen molar-refractivity contribution >= 4 is 11.8 Å². The van der Waals surface area contributed by atoms with Crippen molar-refractivity contribution in [2.75, 3.05) is 30.3 Å². The molecule has 0 bridgehead atoms. The quantitative estimate of drug-likeness (QED) is 0.587. The molecule has 3 N–H and O–H groups in total. The maximum atomic E-state index is 9.01. The van der Waals surface area contributed by atoms with E-state index in [0.29, 0.717) is 12.5 Å². The Labute approximate surface area is 147 Å². The SMILES string of the molecule is OCCNc1nc(NCCc2ccncc2)cc(-c2ccccc2)n1. The number of hydrogen-bond donors (Lipinski definition) is 3. The van der Waals surface area contributed by atoms with Crippen LogP contribution in [0.15, 0.2) is 60.9 Å². The Hall–Kier alpha value is -2.99. The molecule has 0 aliphatic rings. The van der Waals surface area contributed by atoms with Crippen LogP contribution < -0.4 is 10.6 Å². The highest BCUT2D eigenvalue weighted by Gasteiger charge is 2.06. The van der Waals surface area contributed by atoms with Gasteiger partial charge in [-0.1, -0.05) is 30.3 Å². The van der Waals surface area contributed by atoms with Crippen LogP contribution in [0, 0.1) is 0 Å². The molecule has 0 radical (unpaired) electrons. The standard InChI is InChI=1S/C19H21N5O/c25-13-12-22-19-23-17(16-4-2-1-3-5-16)14-18(24-19)21-11-8-15-6-9-20-10-7-15/h1-7,9-10,14,25H,8,11-13H2,(H2,21,22,23,24). The van der Waals surface area contributed by atoms with E-state index in [9.17, 15) is 0 Å². The fourth-order valence-corrected chi connectivity index (χ4v) is 2.43. The van der Waals surface area contributed by atoms with E-state index in [-0.39, 0.29) is 6.61 Å². The Balaban J connectivity index is 1.75. The van der Waals surface area contributed by atoms with Crippen LogP contribution in [0.2, 0.25) is 0 Å². The number of aliphatic hydroxyl groups excluding tert-OH is 1. The Kier molecular flexibility index (Phi) is 5.90. The summed E-state index contributed by atoms with van der Waals surface area (Å²) in [5.41, 5.74) is 3.08. The third-order valence-corrected chi connectivity index (χ3v) is 3.66.